The van der Waals surface area contributed by atoms with Crippen molar-refractivity contribution in [3.63, 3.8) is 0 Å². The van der Waals surface area contributed by atoms with E-state index in [0.717, 1.165) is 43.9 Å². The van der Waals surface area contributed by atoms with Crippen LogP contribution in [0.1, 0.15) is 43.3 Å². The summed E-state index contributed by atoms with van der Waals surface area (Å²) in [6, 6.07) is 0. The number of hydrogen-bond donors (Lipinski definition) is 1. The van der Waals surface area contributed by atoms with E-state index in [1.165, 1.54) is 24.2 Å². The van der Waals surface area contributed by atoms with E-state index >= 15 is 0 Å². The van der Waals surface area contributed by atoms with Crippen LogP contribution in [0.4, 0.5) is 0 Å². The zero-order valence-electron chi connectivity index (χ0n) is 12.0. The van der Waals surface area contributed by atoms with Crippen molar-refractivity contribution in [1.82, 2.24) is 24.8 Å². The van der Waals surface area contributed by atoms with Crippen LogP contribution in [-0.4, -0.2) is 26.1 Å². The minimum atomic E-state index is 0.769. The fourth-order valence-corrected chi connectivity index (χ4v) is 2.66. The third kappa shape index (κ3) is 2.72. The van der Waals surface area contributed by atoms with Gasteiger partial charge in [0.1, 0.15) is 6.33 Å². The first kappa shape index (κ1) is 13.2. The van der Waals surface area contributed by atoms with Gasteiger partial charge in [-0.25, -0.2) is 9.97 Å². The molecule has 0 aliphatic heterocycles. The highest BCUT2D eigenvalue weighted by Crippen LogP contribution is 2.22. The van der Waals surface area contributed by atoms with Gasteiger partial charge in [0.25, 0.3) is 0 Å². The van der Waals surface area contributed by atoms with Gasteiger partial charge in [-0.1, -0.05) is 6.92 Å². The topological polar surface area (TPSA) is 55.6 Å². The van der Waals surface area contributed by atoms with Crippen molar-refractivity contribution in [3.05, 3.63) is 35.8 Å². The predicted octanol–water partition coefficient (Wildman–Crippen LogP) is 2.04. The SMILES string of the molecule is CCCNCc1cncc(-n2cnc3c2CCCC3)n1. The molecule has 3 rings (SSSR count). The van der Waals surface area contributed by atoms with Crippen LogP contribution in [0.3, 0.4) is 0 Å². The van der Waals surface area contributed by atoms with Crippen LogP contribution in [0.25, 0.3) is 5.82 Å². The van der Waals surface area contributed by atoms with Gasteiger partial charge in [0.05, 0.1) is 17.6 Å². The Morgan fingerprint density at radius 3 is 3.05 bits per heavy atom. The molecule has 0 saturated heterocycles. The first-order chi connectivity index (χ1) is 9.88. The summed E-state index contributed by atoms with van der Waals surface area (Å²) < 4.78 is 2.10. The molecule has 0 atom stereocenters. The third-order valence-corrected chi connectivity index (χ3v) is 3.68. The Bertz CT molecular complexity index is 575. The predicted molar refractivity (Wildman–Crippen MR) is 77.8 cm³/mol. The van der Waals surface area contributed by atoms with Crippen LogP contribution in [-0.2, 0) is 19.4 Å². The summed E-state index contributed by atoms with van der Waals surface area (Å²) in [7, 11) is 0. The van der Waals surface area contributed by atoms with Crippen LogP contribution < -0.4 is 5.32 Å². The van der Waals surface area contributed by atoms with Crippen molar-refractivity contribution < 1.29 is 0 Å². The molecule has 106 valence electrons. The minimum Gasteiger partial charge on any atom is -0.311 e. The minimum absolute atomic E-state index is 0.769. The molecule has 5 nitrogen and oxygen atoms in total. The molecule has 0 fully saturated rings. The maximum atomic E-state index is 4.69. The number of nitrogens with zero attached hydrogens (tertiary/aromatic N) is 4. The fraction of sp³-hybridized carbons (Fsp3) is 0.533. The lowest BCUT2D eigenvalue weighted by Crippen LogP contribution is -2.16. The third-order valence-electron chi connectivity index (χ3n) is 3.68. The molecule has 20 heavy (non-hydrogen) atoms. The molecule has 1 aliphatic carbocycles. The normalized spacial score (nSPS) is 14.2. The molecular weight excluding hydrogens is 250 g/mol. The molecule has 1 N–H and O–H groups in total. The van der Waals surface area contributed by atoms with Crippen LogP contribution in [0.5, 0.6) is 0 Å². The molecular formula is C15H21N5. The Labute approximate surface area is 119 Å². The van der Waals surface area contributed by atoms with Crippen molar-refractivity contribution in [2.24, 2.45) is 0 Å². The Kier molecular flexibility index (Phi) is 4.06. The second kappa shape index (κ2) is 6.13. The quantitative estimate of drug-likeness (QED) is 0.846. The molecule has 1 aliphatic rings. The Hall–Kier alpha value is -1.75. The summed E-state index contributed by atoms with van der Waals surface area (Å²) in [5.41, 5.74) is 3.52. The van der Waals surface area contributed by atoms with Gasteiger partial charge in [-0.2, -0.15) is 0 Å². The Morgan fingerprint density at radius 2 is 2.15 bits per heavy atom. The molecule has 0 bridgehead atoms. The maximum absolute atomic E-state index is 4.69. The second-order valence-corrected chi connectivity index (χ2v) is 5.26. The highest BCUT2D eigenvalue weighted by Gasteiger charge is 2.16. The first-order valence-electron chi connectivity index (χ1n) is 7.45. The number of fused-ring (bicyclic) bond motifs is 1. The molecule has 0 radical (unpaired) electrons. The Morgan fingerprint density at radius 1 is 1.25 bits per heavy atom. The Balaban J connectivity index is 1.83. The summed E-state index contributed by atoms with van der Waals surface area (Å²) >= 11 is 0. The summed E-state index contributed by atoms with van der Waals surface area (Å²) in [6.45, 7) is 3.94. The standard InChI is InChI=1S/C15H21N5/c1-2-7-16-8-12-9-17-10-15(19-12)20-11-18-13-5-3-4-6-14(13)20/h9-11,16H,2-8H2,1H3. The van der Waals surface area contributed by atoms with E-state index in [4.69, 9.17) is 4.98 Å². The van der Waals surface area contributed by atoms with Gasteiger partial charge < -0.3 is 5.32 Å². The number of nitrogens with one attached hydrogen (secondary N) is 1. The second-order valence-electron chi connectivity index (χ2n) is 5.26. The summed E-state index contributed by atoms with van der Waals surface area (Å²) in [5, 5.41) is 3.36. The van der Waals surface area contributed by atoms with Crippen molar-refractivity contribution in [2.45, 2.75) is 45.6 Å². The smallest absolute Gasteiger partial charge is 0.156 e. The molecule has 0 amide bonds. The molecule has 2 heterocycles. The van der Waals surface area contributed by atoms with E-state index in [0.29, 0.717) is 0 Å². The van der Waals surface area contributed by atoms with Gasteiger partial charge in [0, 0.05) is 18.4 Å². The van der Waals surface area contributed by atoms with E-state index in [1.807, 2.05) is 18.7 Å². The van der Waals surface area contributed by atoms with Crippen molar-refractivity contribution in [2.75, 3.05) is 6.54 Å². The van der Waals surface area contributed by atoms with E-state index in [1.54, 1.807) is 0 Å². The van der Waals surface area contributed by atoms with Gasteiger partial charge in [0.15, 0.2) is 5.82 Å². The first-order valence-corrected chi connectivity index (χ1v) is 7.45. The summed E-state index contributed by atoms with van der Waals surface area (Å²) in [5.74, 6) is 0.886. The summed E-state index contributed by atoms with van der Waals surface area (Å²) in [4.78, 5) is 13.5. The number of aryl methyl sites for hydroxylation is 1. The average molecular weight is 271 g/mol. The maximum Gasteiger partial charge on any atom is 0.156 e. The van der Waals surface area contributed by atoms with E-state index in [-0.39, 0.29) is 0 Å². The van der Waals surface area contributed by atoms with Gasteiger partial charge >= 0.3 is 0 Å². The van der Waals surface area contributed by atoms with Crippen LogP contribution >= 0.6 is 0 Å². The molecule has 2 aromatic rings. The fourth-order valence-electron chi connectivity index (χ4n) is 2.66. The van der Waals surface area contributed by atoms with E-state index in [2.05, 4.69) is 26.8 Å². The molecule has 0 saturated carbocycles. The van der Waals surface area contributed by atoms with Gasteiger partial charge in [-0.15, -0.1) is 0 Å². The molecule has 5 heteroatoms. The summed E-state index contributed by atoms with van der Waals surface area (Å²) in [6.07, 6.45) is 11.3. The largest absolute Gasteiger partial charge is 0.311 e. The lowest BCUT2D eigenvalue weighted by Gasteiger charge is -2.13. The average Bonchev–Trinajstić information content (AvgIpc) is 2.92. The van der Waals surface area contributed by atoms with Crippen molar-refractivity contribution in [1.29, 1.82) is 0 Å². The zero-order chi connectivity index (χ0) is 13.8. The molecule has 2 aromatic heterocycles. The van der Waals surface area contributed by atoms with Crippen LogP contribution in [0, 0.1) is 0 Å². The lowest BCUT2D eigenvalue weighted by molar-refractivity contribution is 0.647. The van der Waals surface area contributed by atoms with Crippen LogP contribution in [0.2, 0.25) is 0 Å². The molecule has 0 aromatic carbocycles. The molecule has 0 spiro atoms. The highest BCUT2D eigenvalue weighted by molar-refractivity contribution is 5.28. The van der Waals surface area contributed by atoms with Crippen molar-refractivity contribution >= 4 is 0 Å². The lowest BCUT2D eigenvalue weighted by atomic mass is 10.0. The van der Waals surface area contributed by atoms with Crippen molar-refractivity contribution in [3.8, 4) is 5.82 Å². The zero-order valence-corrected chi connectivity index (χ0v) is 12.0. The number of hydrogen-bond acceptors (Lipinski definition) is 4. The highest BCUT2D eigenvalue weighted by atomic mass is 15.1. The monoisotopic (exact) mass is 271 g/mol. The number of aromatic nitrogens is 4. The van der Waals surface area contributed by atoms with Gasteiger partial charge in [-0.3, -0.25) is 9.55 Å². The number of imidazole rings is 1. The van der Waals surface area contributed by atoms with Crippen LogP contribution in [0.15, 0.2) is 18.7 Å². The van der Waals surface area contributed by atoms with E-state index in [9.17, 15) is 0 Å². The molecule has 0 unspecified atom stereocenters. The van der Waals surface area contributed by atoms with Gasteiger partial charge in [0.2, 0.25) is 0 Å². The number of rotatable bonds is 5. The van der Waals surface area contributed by atoms with Gasteiger partial charge in [-0.05, 0) is 38.6 Å². The van der Waals surface area contributed by atoms with E-state index < -0.39 is 0 Å².